The Bertz CT molecular complexity index is 814. The number of H-pyrrole nitrogens is 1. The van der Waals surface area contributed by atoms with Crippen LogP contribution in [0.1, 0.15) is 5.56 Å². The highest BCUT2D eigenvalue weighted by Gasteiger charge is 2.08. The second-order valence-electron chi connectivity index (χ2n) is 5.42. The van der Waals surface area contributed by atoms with Gasteiger partial charge in [-0.15, -0.1) is 5.43 Å². The Morgan fingerprint density at radius 2 is 1.92 bits per heavy atom. The lowest BCUT2D eigenvalue weighted by atomic mass is 10.2. The van der Waals surface area contributed by atoms with Gasteiger partial charge in [0.1, 0.15) is 11.6 Å². The van der Waals surface area contributed by atoms with Gasteiger partial charge in [0.05, 0.1) is 19.4 Å². The second kappa shape index (κ2) is 7.10. The molecule has 0 aliphatic heterocycles. The first kappa shape index (κ1) is 15.9. The predicted molar refractivity (Wildman–Crippen MR) is 87.3 cm³/mol. The Hall–Kier alpha value is -2.93. The largest absolute Gasteiger partial charge is 0.403 e. The topological polar surface area (TPSA) is 60.3 Å². The van der Waals surface area contributed by atoms with Gasteiger partial charge in [-0.05, 0) is 18.2 Å². The van der Waals surface area contributed by atoms with Crippen LogP contribution in [0.15, 0.2) is 54.9 Å². The summed E-state index contributed by atoms with van der Waals surface area (Å²) < 4.78 is 28.4. The number of hydrogen-bond acceptors (Lipinski definition) is 2. The fourth-order valence-corrected chi connectivity index (χ4v) is 2.26. The number of nitrogens with one attached hydrogen (secondary N) is 3. The fraction of sp³-hybridized carbons (Fsp3) is 0.118. The van der Waals surface area contributed by atoms with E-state index in [0.717, 1.165) is 23.4 Å². The summed E-state index contributed by atoms with van der Waals surface area (Å²) in [6.45, 7) is 0.297. The van der Waals surface area contributed by atoms with Crippen molar-refractivity contribution in [1.82, 2.24) is 4.98 Å². The highest BCUT2D eigenvalue weighted by atomic mass is 19.1. The summed E-state index contributed by atoms with van der Waals surface area (Å²) in [5.74, 6) is -0.237. The summed E-state index contributed by atoms with van der Waals surface area (Å²) in [6.07, 6.45) is 3.76. The lowest BCUT2D eigenvalue weighted by Gasteiger charge is -2.08. The maximum Gasteiger partial charge on any atom is 0.403 e. The zero-order valence-electron chi connectivity index (χ0n) is 13.2. The zero-order valence-corrected chi connectivity index (χ0v) is 13.2. The van der Waals surface area contributed by atoms with Crippen LogP contribution in [0.3, 0.4) is 0 Å². The van der Waals surface area contributed by atoms with Crippen molar-refractivity contribution in [2.75, 3.05) is 10.7 Å². The van der Waals surface area contributed by atoms with Crippen molar-refractivity contribution in [2.45, 2.75) is 6.54 Å². The molecular formula is C17H19F2N5+2. The van der Waals surface area contributed by atoms with Gasteiger partial charge in [-0.1, -0.05) is 6.07 Å². The number of nitrogens with two attached hydrogens (primary N) is 1. The van der Waals surface area contributed by atoms with Gasteiger partial charge in [-0.3, -0.25) is 0 Å². The minimum atomic E-state index is -0.570. The van der Waals surface area contributed by atoms with Crippen molar-refractivity contribution in [1.29, 1.82) is 0 Å². The number of hydrogen-bond donors (Lipinski definition) is 4. The Morgan fingerprint density at radius 1 is 1.12 bits per heavy atom. The molecule has 0 fully saturated rings. The van der Waals surface area contributed by atoms with E-state index in [1.807, 2.05) is 53.7 Å². The number of aromatic nitrogens is 2. The number of rotatable bonds is 6. The van der Waals surface area contributed by atoms with E-state index in [2.05, 4.69) is 15.7 Å². The summed E-state index contributed by atoms with van der Waals surface area (Å²) in [5.41, 5.74) is 7.35. The van der Waals surface area contributed by atoms with E-state index in [0.29, 0.717) is 12.1 Å². The summed E-state index contributed by atoms with van der Waals surface area (Å²) in [4.78, 5) is 3.08. The van der Waals surface area contributed by atoms with Crippen LogP contribution >= 0.6 is 0 Å². The molecule has 2 aromatic carbocycles. The Kier molecular flexibility index (Phi) is 4.72. The summed E-state index contributed by atoms with van der Waals surface area (Å²) in [6, 6.07) is 11.3. The number of benzene rings is 2. The Morgan fingerprint density at radius 3 is 2.58 bits per heavy atom. The third kappa shape index (κ3) is 3.88. The number of anilines is 2. The van der Waals surface area contributed by atoms with Crippen molar-refractivity contribution in [3.05, 3.63) is 72.1 Å². The molecule has 0 aliphatic carbocycles. The van der Waals surface area contributed by atoms with Gasteiger partial charge in [0.15, 0.2) is 5.69 Å². The molecule has 0 amide bonds. The zero-order chi connectivity index (χ0) is 16.9. The predicted octanol–water partition coefficient (Wildman–Crippen LogP) is 1.95. The molecule has 1 aromatic heterocycles. The van der Waals surface area contributed by atoms with Crippen molar-refractivity contribution < 1.29 is 18.8 Å². The molecule has 1 heterocycles. The van der Waals surface area contributed by atoms with Crippen LogP contribution in [0.2, 0.25) is 0 Å². The molecule has 0 radical (unpaired) electrons. The number of aromatic amines is 1. The first-order chi connectivity index (χ1) is 11.6. The molecule has 0 bridgehead atoms. The fourth-order valence-electron chi connectivity index (χ4n) is 2.26. The molecule has 24 heavy (non-hydrogen) atoms. The molecule has 0 atom stereocenters. The van der Waals surface area contributed by atoms with Gasteiger partial charge in [0, 0.05) is 36.0 Å². The Balaban J connectivity index is 1.55. The molecular weight excluding hydrogens is 312 g/mol. The number of quaternary nitrogens is 1. The quantitative estimate of drug-likeness (QED) is 0.241. The number of nitrogen functional groups attached to an aromatic ring is 1. The van der Waals surface area contributed by atoms with Gasteiger partial charge < -0.3 is 5.32 Å². The maximum atomic E-state index is 13.6. The molecule has 0 spiro atoms. The van der Waals surface area contributed by atoms with Gasteiger partial charge in [-0.25, -0.2) is 18.3 Å². The second-order valence-corrected chi connectivity index (χ2v) is 5.42. The molecule has 124 valence electrons. The third-order valence-electron chi connectivity index (χ3n) is 3.66. The first-order valence-corrected chi connectivity index (χ1v) is 7.52. The molecule has 3 rings (SSSR count). The smallest absolute Gasteiger partial charge is 0.381 e. The molecule has 0 aliphatic rings. The summed E-state index contributed by atoms with van der Waals surface area (Å²) >= 11 is 0. The maximum absolute atomic E-state index is 13.6. The van der Waals surface area contributed by atoms with E-state index in [4.69, 9.17) is 0 Å². The summed E-state index contributed by atoms with van der Waals surface area (Å²) in [7, 11) is 1.94. The molecule has 3 aromatic rings. The molecule has 0 saturated heterocycles. The minimum Gasteiger partial charge on any atom is -0.381 e. The van der Waals surface area contributed by atoms with Crippen molar-refractivity contribution in [3.8, 4) is 0 Å². The lowest BCUT2D eigenvalue weighted by Crippen LogP contribution is -2.83. The first-order valence-electron chi connectivity index (χ1n) is 7.52. The number of halogens is 2. The van der Waals surface area contributed by atoms with Crippen molar-refractivity contribution in [2.24, 2.45) is 7.05 Å². The summed E-state index contributed by atoms with van der Waals surface area (Å²) in [5, 5.41) is 3.12. The van der Waals surface area contributed by atoms with E-state index in [9.17, 15) is 8.78 Å². The van der Waals surface area contributed by atoms with Crippen LogP contribution in [0.5, 0.6) is 0 Å². The standard InChI is InChI=1S/C17H17F2N5/c1-24-9-8-20-17(24)23-22-15-6-4-14(5-7-15)21-11-12-2-3-13(18)10-16(12)19/h2-10,21-22H,11H2,1H3,(H,20,23)/p+2. The van der Waals surface area contributed by atoms with Gasteiger partial charge in [-0.2, -0.15) is 5.43 Å². The Labute approximate surface area is 138 Å². The van der Waals surface area contributed by atoms with E-state index in [-0.39, 0.29) is 0 Å². The molecule has 5 nitrogen and oxygen atoms in total. The van der Waals surface area contributed by atoms with Gasteiger partial charge in [0.25, 0.3) is 0 Å². The highest BCUT2D eigenvalue weighted by Crippen LogP contribution is 2.14. The average Bonchev–Trinajstić information content (AvgIpc) is 2.98. The van der Waals surface area contributed by atoms with Crippen LogP contribution in [-0.2, 0) is 13.6 Å². The van der Waals surface area contributed by atoms with E-state index in [1.165, 1.54) is 12.1 Å². The van der Waals surface area contributed by atoms with Crippen LogP contribution in [0.25, 0.3) is 0 Å². The van der Waals surface area contributed by atoms with Crippen molar-refractivity contribution in [3.63, 3.8) is 0 Å². The average molecular weight is 331 g/mol. The minimum absolute atomic E-state index is 0.297. The molecule has 0 saturated carbocycles. The van der Waals surface area contributed by atoms with E-state index < -0.39 is 11.6 Å². The van der Waals surface area contributed by atoms with E-state index in [1.54, 1.807) is 0 Å². The lowest BCUT2D eigenvalue weighted by molar-refractivity contribution is -0.669. The van der Waals surface area contributed by atoms with Crippen LogP contribution in [0.4, 0.5) is 26.1 Å². The molecule has 5 N–H and O–H groups in total. The monoisotopic (exact) mass is 331 g/mol. The van der Waals surface area contributed by atoms with Crippen LogP contribution in [0, 0.1) is 11.6 Å². The number of imidazole rings is 1. The van der Waals surface area contributed by atoms with Crippen molar-refractivity contribution >= 4 is 17.3 Å². The third-order valence-corrected chi connectivity index (χ3v) is 3.66. The van der Waals surface area contributed by atoms with Gasteiger partial charge in [0.2, 0.25) is 0 Å². The van der Waals surface area contributed by atoms with E-state index >= 15 is 0 Å². The molecule has 0 unspecified atom stereocenters. The van der Waals surface area contributed by atoms with Gasteiger partial charge >= 0.3 is 5.95 Å². The number of nitrogens with zero attached hydrogens (tertiary/aromatic N) is 1. The van der Waals surface area contributed by atoms with Crippen LogP contribution < -0.4 is 20.7 Å². The highest BCUT2D eigenvalue weighted by molar-refractivity contribution is 5.48. The SMILES string of the molecule is C[n+]1cc[nH]c1N[NH2+]c1ccc(NCc2ccc(F)cc2F)cc1. The normalized spacial score (nSPS) is 10.6. The molecule has 7 heteroatoms. The number of aryl methyl sites for hydroxylation is 1. The van der Waals surface area contributed by atoms with Crippen LogP contribution in [-0.4, -0.2) is 4.98 Å².